The molecule has 0 unspecified atom stereocenters. The van der Waals surface area contributed by atoms with Crippen LogP contribution in [0.4, 0.5) is 5.69 Å². The van der Waals surface area contributed by atoms with Gasteiger partial charge < -0.3 is 10.4 Å². The number of aromatic hydroxyl groups is 1. The second-order valence-electron chi connectivity index (χ2n) is 3.01. The van der Waals surface area contributed by atoms with Crippen molar-refractivity contribution in [1.82, 2.24) is 10.2 Å². The van der Waals surface area contributed by atoms with Gasteiger partial charge in [0.2, 0.25) is 0 Å². The van der Waals surface area contributed by atoms with Crippen LogP contribution >= 0.6 is 0 Å². The number of phenolic OH excluding ortho intramolecular Hbond substituents is 1. The van der Waals surface area contributed by atoms with Crippen molar-refractivity contribution in [1.29, 1.82) is 0 Å². The molecule has 0 bridgehead atoms. The highest BCUT2D eigenvalue weighted by Crippen LogP contribution is 2.11. The second-order valence-corrected chi connectivity index (χ2v) is 3.01. The summed E-state index contributed by atoms with van der Waals surface area (Å²) in [4.78, 5) is 0. The summed E-state index contributed by atoms with van der Waals surface area (Å²) in [6.07, 6.45) is 3.51. The fraction of sp³-hybridized carbons (Fsp3) is 0.100. The molecule has 0 saturated heterocycles. The first-order valence-corrected chi connectivity index (χ1v) is 4.35. The van der Waals surface area contributed by atoms with Gasteiger partial charge in [0.25, 0.3) is 0 Å². The SMILES string of the molecule is Oc1ccc(CNc2cn[nH]c2)cc1. The predicted octanol–water partition coefficient (Wildman–Crippen LogP) is 1.73. The number of H-pyrrole nitrogens is 1. The van der Waals surface area contributed by atoms with Crippen LogP contribution < -0.4 is 5.32 Å². The number of nitrogens with zero attached hydrogens (tertiary/aromatic N) is 1. The molecule has 2 aromatic rings. The first-order valence-electron chi connectivity index (χ1n) is 4.35. The van der Waals surface area contributed by atoms with Crippen LogP contribution in [-0.4, -0.2) is 15.3 Å². The lowest BCUT2D eigenvalue weighted by atomic mass is 10.2. The van der Waals surface area contributed by atoms with Crippen molar-refractivity contribution in [3.63, 3.8) is 0 Å². The van der Waals surface area contributed by atoms with Crippen molar-refractivity contribution in [2.24, 2.45) is 0 Å². The summed E-state index contributed by atoms with van der Waals surface area (Å²) >= 11 is 0. The molecule has 0 spiro atoms. The quantitative estimate of drug-likeness (QED) is 0.689. The van der Waals surface area contributed by atoms with Crippen LogP contribution in [0.3, 0.4) is 0 Å². The molecule has 0 atom stereocenters. The summed E-state index contributed by atoms with van der Waals surface area (Å²) in [5.74, 6) is 0.289. The number of benzene rings is 1. The van der Waals surface area contributed by atoms with Crippen molar-refractivity contribution >= 4 is 5.69 Å². The lowest BCUT2D eigenvalue weighted by Crippen LogP contribution is -1.97. The third-order valence-electron chi connectivity index (χ3n) is 1.93. The summed E-state index contributed by atoms with van der Waals surface area (Å²) < 4.78 is 0. The highest BCUT2D eigenvalue weighted by Gasteiger charge is 1.94. The van der Waals surface area contributed by atoms with E-state index in [-0.39, 0.29) is 5.75 Å². The molecule has 4 nitrogen and oxygen atoms in total. The lowest BCUT2D eigenvalue weighted by Gasteiger charge is -2.02. The molecule has 72 valence electrons. The highest BCUT2D eigenvalue weighted by molar-refractivity contribution is 5.39. The number of phenols is 1. The average Bonchev–Trinajstić information content (AvgIpc) is 2.70. The summed E-state index contributed by atoms with van der Waals surface area (Å²) in [7, 11) is 0. The van der Waals surface area contributed by atoms with Crippen molar-refractivity contribution in [3.8, 4) is 5.75 Å². The molecule has 14 heavy (non-hydrogen) atoms. The maximum Gasteiger partial charge on any atom is 0.115 e. The minimum atomic E-state index is 0.289. The van der Waals surface area contributed by atoms with Gasteiger partial charge in [-0.25, -0.2) is 0 Å². The van der Waals surface area contributed by atoms with E-state index in [1.807, 2.05) is 12.1 Å². The van der Waals surface area contributed by atoms with Gasteiger partial charge in [0.05, 0.1) is 11.9 Å². The molecule has 3 N–H and O–H groups in total. The Morgan fingerprint density at radius 3 is 2.71 bits per heavy atom. The highest BCUT2D eigenvalue weighted by atomic mass is 16.3. The van der Waals surface area contributed by atoms with E-state index < -0.39 is 0 Å². The van der Waals surface area contributed by atoms with Crippen molar-refractivity contribution < 1.29 is 5.11 Å². The Morgan fingerprint density at radius 1 is 1.29 bits per heavy atom. The van der Waals surface area contributed by atoms with Gasteiger partial charge in [-0.05, 0) is 17.7 Å². The molecule has 0 aliphatic rings. The Morgan fingerprint density at radius 2 is 2.07 bits per heavy atom. The first-order chi connectivity index (χ1) is 6.84. The molecule has 0 aliphatic carbocycles. The van der Waals surface area contributed by atoms with Crippen LogP contribution in [0, 0.1) is 0 Å². The molecular weight excluding hydrogens is 178 g/mol. The lowest BCUT2D eigenvalue weighted by molar-refractivity contribution is 0.475. The smallest absolute Gasteiger partial charge is 0.115 e. The molecule has 0 radical (unpaired) electrons. The number of aromatic nitrogens is 2. The summed E-state index contributed by atoms with van der Waals surface area (Å²) in [6.45, 7) is 0.722. The molecule has 0 amide bonds. The van der Waals surface area contributed by atoms with Gasteiger partial charge in [0, 0.05) is 12.7 Å². The Labute approximate surface area is 81.6 Å². The number of hydrogen-bond acceptors (Lipinski definition) is 3. The van der Waals surface area contributed by atoms with E-state index in [2.05, 4.69) is 15.5 Å². The van der Waals surface area contributed by atoms with Crippen LogP contribution in [0.2, 0.25) is 0 Å². The summed E-state index contributed by atoms with van der Waals surface area (Å²) in [5, 5.41) is 18.8. The third kappa shape index (κ3) is 2.04. The van der Waals surface area contributed by atoms with Crippen molar-refractivity contribution in [2.75, 3.05) is 5.32 Å². The number of anilines is 1. The van der Waals surface area contributed by atoms with Gasteiger partial charge in [0.1, 0.15) is 5.75 Å². The molecule has 1 heterocycles. The minimum absolute atomic E-state index is 0.289. The maximum absolute atomic E-state index is 9.07. The fourth-order valence-corrected chi connectivity index (χ4v) is 1.17. The van der Waals surface area contributed by atoms with Gasteiger partial charge in [-0.2, -0.15) is 5.10 Å². The molecule has 2 rings (SSSR count). The van der Waals surface area contributed by atoms with Crippen LogP contribution in [0.15, 0.2) is 36.7 Å². The Kier molecular flexibility index (Phi) is 2.36. The van der Waals surface area contributed by atoms with Crippen LogP contribution in [0.1, 0.15) is 5.56 Å². The zero-order chi connectivity index (χ0) is 9.80. The summed E-state index contributed by atoms with van der Waals surface area (Å²) in [5.41, 5.74) is 2.07. The monoisotopic (exact) mass is 189 g/mol. The molecular formula is C10H11N3O. The van der Waals surface area contributed by atoms with E-state index in [0.717, 1.165) is 17.8 Å². The molecule has 0 saturated carbocycles. The Balaban J connectivity index is 1.95. The third-order valence-corrected chi connectivity index (χ3v) is 1.93. The van der Waals surface area contributed by atoms with Gasteiger partial charge in [-0.1, -0.05) is 12.1 Å². The van der Waals surface area contributed by atoms with E-state index in [1.165, 1.54) is 0 Å². The predicted molar refractivity (Wildman–Crippen MR) is 54.0 cm³/mol. The molecule has 1 aromatic heterocycles. The second kappa shape index (κ2) is 3.83. The van der Waals surface area contributed by atoms with Crippen LogP contribution in [-0.2, 0) is 6.54 Å². The largest absolute Gasteiger partial charge is 0.508 e. The van der Waals surface area contributed by atoms with Crippen molar-refractivity contribution in [2.45, 2.75) is 6.54 Å². The standard InChI is InChI=1S/C10H11N3O/c14-10-3-1-8(2-4-10)5-11-9-6-12-13-7-9/h1-4,6-7,11,14H,5H2,(H,12,13). The zero-order valence-electron chi connectivity index (χ0n) is 7.57. The van der Waals surface area contributed by atoms with Gasteiger partial charge >= 0.3 is 0 Å². The maximum atomic E-state index is 9.07. The molecule has 0 fully saturated rings. The van der Waals surface area contributed by atoms with Gasteiger partial charge in [0.15, 0.2) is 0 Å². The van der Waals surface area contributed by atoms with Crippen LogP contribution in [0.25, 0.3) is 0 Å². The number of nitrogens with one attached hydrogen (secondary N) is 2. The zero-order valence-corrected chi connectivity index (χ0v) is 7.57. The Hall–Kier alpha value is -1.97. The normalized spacial score (nSPS) is 10.0. The molecule has 4 heteroatoms. The van der Waals surface area contributed by atoms with Gasteiger partial charge in [-0.3, -0.25) is 5.10 Å². The van der Waals surface area contributed by atoms with Gasteiger partial charge in [-0.15, -0.1) is 0 Å². The molecule has 1 aromatic carbocycles. The fourth-order valence-electron chi connectivity index (χ4n) is 1.17. The topological polar surface area (TPSA) is 60.9 Å². The van der Waals surface area contributed by atoms with E-state index in [0.29, 0.717) is 0 Å². The number of aromatic amines is 1. The van der Waals surface area contributed by atoms with E-state index >= 15 is 0 Å². The van der Waals surface area contributed by atoms with Crippen molar-refractivity contribution in [3.05, 3.63) is 42.2 Å². The summed E-state index contributed by atoms with van der Waals surface area (Å²) in [6, 6.07) is 7.10. The number of hydrogen-bond donors (Lipinski definition) is 3. The van der Waals surface area contributed by atoms with E-state index in [9.17, 15) is 0 Å². The minimum Gasteiger partial charge on any atom is -0.508 e. The average molecular weight is 189 g/mol. The van der Waals surface area contributed by atoms with Crippen LogP contribution in [0.5, 0.6) is 5.75 Å². The first kappa shape index (κ1) is 8.62. The molecule has 0 aliphatic heterocycles. The van der Waals surface area contributed by atoms with E-state index in [1.54, 1.807) is 24.5 Å². The Bertz CT molecular complexity index is 380. The van der Waals surface area contributed by atoms with E-state index in [4.69, 9.17) is 5.11 Å². The number of rotatable bonds is 3.